The van der Waals surface area contributed by atoms with Gasteiger partial charge in [0.25, 0.3) is 0 Å². The monoisotopic (exact) mass is 1310 g/mol. The third kappa shape index (κ3) is 12.7. The molecule has 2 heterocycles. The van der Waals surface area contributed by atoms with Crippen LogP contribution in [0.15, 0.2) is 176 Å². The predicted molar refractivity (Wildman–Crippen MR) is 359 cm³/mol. The Bertz CT molecular complexity index is 4650. The summed E-state index contributed by atoms with van der Waals surface area (Å²) in [4.78, 5) is 10.6. The first-order valence-electron chi connectivity index (χ1n) is 35.7. The molecular weight excluding hydrogens is 1210 g/mol. The Balaban J connectivity index is 0.0000112. The molecular formula is C80H88N3OPt-. The van der Waals surface area contributed by atoms with Gasteiger partial charge in [-0.1, -0.05) is 263 Å². The molecule has 0 aliphatic heterocycles. The van der Waals surface area contributed by atoms with Crippen molar-refractivity contribution in [1.82, 2.24) is 14.5 Å². The fraction of sp³-hybridized carbons (Fsp3) is 0.325. The summed E-state index contributed by atoms with van der Waals surface area (Å²) in [5.41, 5.74) is 8.27. The largest absolute Gasteiger partial charge is 0.507 e. The molecule has 10 aromatic rings. The minimum absolute atomic E-state index is 0. The van der Waals surface area contributed by atoms with Gasteiger partial charge in [-0.25, -0.2) is 4.98 Å². The Morgan fingerprint density at radius 3 is 1.56 bits per heavy atom. The number of imidazole rings is 1. The van der Waals surface area contributed by atoms with Gasteiger partial charge in [0.15, 0.2) is 0 Å². The Kier molecular flexibility index (Phi) is 12.7. The van der Waals surface area contributed by atoms with Gasteiger partial charge < -0.3 is 5.11 Å². The number of aryl methyl sites for hydroxylation is 1. The van der Waals surface area contributed by atoms with Crippen LogP contribution in [0, 0.1) is 23.7 Å². The summed E-state index contributed by atoms with van der Waals surface area (Å²) in [6, 6.07) is 32.9. The van der Waals surface area contributed by atoms with Gasteiger partial charge in [-0.15, -0.1) is 29.3 Å². The summed E-state index contributed by atoms with van der Waals surface area (Å²) in [6.07, 6.45) is 1.76. The van der Waals surface area contributed by atoms with Crippen molar-refractivity contribution in [2.24, 2.45) is 10.8 Å². The van der Waals surface area contributed by atoms with E-state index in [1.165, 1.54) is 0 Å². The summed E-state index contributed by atoms with van der Waals surface area (Å²) in [7, 11) is 0. The number of rotatable bonds is 9. The van der Waals surface area contributed by atoms with E-state index in [0.29, 0.717) is 55.7 Å². The number of fused-ring (bicyclic) bond motifs is 1. The summed E-state index contributed by atoms with van der Waals surface area (Å²) >= 11 is 0. The fourth-order valence-corrected chi connectivity index (χ4v) is 12.2. The number of para-hydroxylation sites is 1. The average Bonchev–Trinajstić information content (AvgIpc) is 1.47. The fourth-order valence-electron chi connectivity index (χ4n) is 12.2. The van der Waals surface area contributed by atoms with Crippen molar-refractivity contribution in [2.45, 2.75) is 159 Å². The number of nitrogens with zero attached hydrogens (tertiary/aromatic N) is 3. The van der Waals surface area contributed by atoms with Crippen molar-refractivity contribution in [3.05, 3.63) is 215 Å². The smallest absolute Gasteiger partial charge is 0.148 e. The quantitative estimate of drug-likeness (QED) is 0.147. The van der Waals surface area contributed by atoms with Gasteiger partial charge >= 0.3 is 0 Å². The number of hydrogen-bond acceptors (Lipinski definition) is 3. The molecule has 85 heavy (non-hydrogen) atoms. The summed E-state index contributed by atoms with van der Waals surface area (Å²) < 4.78 is 120. The second kappa shape index (κ2) is 22.9. The van der Waals surface area contributed by atoms with Crippen molar-refractivity contribution in [3.8, 4) is 89.7 Å². The molecule has 8 aromatic carbocycles. The first kappa shape index (κ1) is 47.1. The van der Waals surface area contributed by atoms with Gasteiger partial charge in [-0.05, 0) is 131 Å². The van der Waals surface area contributed by atoms with Crippen LogP contribution in [0.25, 0.3) is 95.0 Å². The number of pyridine rings is 1. The molecule has 2 aromatic heterocycles. The minimum atomic E-state index is -2.37. The number of benzene rings is 8. The topological polar surface area (TPSA) is 50.9 Å². The van der Waals surface area contributed by atoms with Crippen LogP contribution < -0.4 is 0 Å². The van der Waals surface area contributed by atoms with Crippen molar-refractivity contribution in [3.63, 3.8) is 0 Å². The van der Waals surface area contributed by atoms with Crippen molar-refractivity contribution in [1.29, 1.82) is 0 Å². The summed E-state index contributed by atoms with van der Waals surface area (Å²) in [5.74, 6) is 0.144. The maximum absolute atomic E-state index is 13.1. The van der Waals surface area contributed by atoms with Crippen molar-refractivity contribution < 1.29 is 44.0 Å². The second-order valence-electron chi connectivity index (χ2n) is 29.0. The van der Waals surface area contributed by atoms with E-state index in [1.54, 1.807) is 22.9 Å². The predicted octanol–water partition coefficient (Wildman–Crippen LogP) is 22.3. The van der Waals surface area contributed by atoms with Crippen LogP contribution >= 0.6 is 0 Å². The number of hydrogen-bond donors (Lipinski definition) is 1. The molecule has 0 saturated heterocycles. The van der Waals surface area contributed by atoms with E-state index < -0.39 is 88.9 Å². The number of phenols is 1. The van der Waals surface area contributed by atoms with Crippen LogP contribution in [0.5, 0.6) is 5.75 Å². The average molecular weight is 1320 g/mol. The molecule has 0 aliphatic rings. The number of aromatic hydroxyl groups is 1. The van der Waals surface area contributed by atoms with Crippen LogP contribution in [0.4, 0.5) is 0 Å². The zero-order valence-corrected chi connectivity index (χ0v) is 54.9. The van der Waals surface area contributed by atoms with Crippen LogP contribution in [-0.4, -0.2) is 19.6 Å². The van der Waals surface area contributed by atoms with Gasteiger partial charge in [0.1, 0.15) is 11.6 Å². The van der Waals surface area contributed by atoms with Crippen LogP contribution in [0.1, 0.15) is 182 Å². The maximum atomic E-state index is 13.1. The molecule has 0 aliphatic carbocycles. The number of phenolic OH excluding ortho intramolecular Hbond substituents is 1. The van der Waals surface area contributed by atoms with E-state index in [2.05, 4.69) is 107 Å². The van der Waals surface area contributed by atoms with Crippen LogP contribution in [0.3, 0.4) is 0 Å². The van der Waals surface area contributed by atoms with E-state index >= 15 is 0 Å². The molecule has 0 spiro atoms. The first-order chi connectivity index (χ1) is 44.6. The van der Waals surface area contributed by atoms with Gasteiger partial charge in [-0.3, -0.25) is 9.55 Å². The zero-order valence-electron chi connectivity index (χ0n) is 65.7. The van der Waals surface area contributed by atoms with Gasteiger partial charge in [0.2, 0.25) is 0 Å². The molecule has 0 radical (unpaired) electrons. The molecule has 0 unspecified atom stereocenters. The summed E-state index contributed by atoms with van der Waals surface area (Å²) in [5, 5.41) is 13.1. The first-order valence-corrected chi connectivity index (χ1v) is 29.2. The molecule has 0 atom stereocenters. The van der Waals surface area contributed by atoms with E-state index in [1.807, 2.05) is 120 Å². The Hall–Kier alpha value is -7.13. The Labute approximate surface area is 541 Å². The van der Waals surface area contributed by atoms with Gasteiger partial charge in [-0.2, -0.15) is 0 Å². The molecule has 0 amide bonds. The van der Waals surface area contributed by atoms with Gasteiger partial charge in [0, 0.05) is 53.8 Å². The molecule has 440 valence electrons. The van der Waals surface area contributed by atoms with E-state index in [0.717, 1.165) is 33.4 Å². The van der Waals surface area contributed by atoms with Crippen LogP contribution in [-0.2, 0) is 42.7 Å². The number of aromatic nitrogens is 3. The molecule has 4 nitrogen and oxygen atoms in total. The maximum Gasteiger partial charge on any atom is 0.148 e. The van der Waals surface area contributed by atoms with Crippen LogP contribution in [0.2, 0.25) is 0 Å². The third-order valence-corrected chi connectivity index (χ3v) is 16.1. The molecule has 1 N–H and O–H groups in total. The van der Waals surface area contributed by atoms with E-state index in [4.69, 9.17) is 22.3 Å². The van der Waals surface area contributed by atoms with E-state index in [-0.39, 0.29) is 82.9 Å². The standard InChI is InChI=1S/C80H88N3O.Pt/c1-50-41-56(73(79(14,15)16)80(17,18)19)37-38-62(50)54-35-33-51(34-36-54)55-39-40-81-68(45-55)58-42-57(43-59(44-58)75(2,3)4)63-31-26-32-69-70(63)82-74(66-48-61(77(8,9)10)49-67(72(66)84)78(11,12)13)83(69)71-64(52-27-22-20-23-28-52)46-60(76(5,6)7)47-65(71)53-29-24-21-25-30-53;/h20-41,43-49,73,84H,1-19H3;/q-1;/i1D3,20D,21D,22D,23D,24D,25D,27D,28D,29D,30D;. The Morgan fingerprint density at radius 1 is 0.494 bits per heavy atom. The molecule has 0 fully saturated rings. The molecule has 10 rings (SSSR count). The molecule has 5 heteroatoms. The zero-order chi connectivity index (χ0) is 71.8. The minimum Gasteiger partial charge on any atom is -0.507 e. The Morgan fingerprint density at radius 2 is 1.02 bits per heavy atom. The SMILES string of the molecule is [2H]c1c([2H])c([2H])c(-c2cc(C(C)(C)C)cc(-c3c([2H])c([2H])c([2H])c([2H])c3[2H])c2-n2c(-c3cc(C(C)(C)C)cc(C(C)(C)C)c3O)nc3c(-c4[c-]c(-c5cc(-c6ccc(-c7ccc(C(C(C)(C)C)C(C)(C)C)cc7C([2H])([2H])[2H])cc6)ccn5)cc(C(C)(C)C)c4)cccc32)c([2H])c1[2H].[Pt]. The normalized spacial score (nSPS) is 15.0. The van der Waals surface area contributed by atoms with E-state index in [9.17, 15) is 10.6 Å². The third-order valence-electron chi connectivity index (χ3n) is 16.1. The van der Waals surface area contributed by atoms with Gasteiger partial charge in [0.05, 0.1) is 36.0 Å². The molecule has 0 bridgehead atoms. The van der Waals surface area contributed by atoms with Crippen molar-refractivity contribution >= 4 is 11.0 Å². The molecule has 0 saturated carbocycles. The van der Waals surface area contributed by atoms with Crippen molar-refractivity contribution in [2.75, 3.05) is 0 Å². The summed E-state index contributed by atoms with van der Waals surface area (Å²) in [6.45, 7) is 35.2. The second-order valence-corrected chi connectivity index (χ2v) is 29.0.